The molecule has 9 heterocycles. The number of nitrogens with zero attached hydrogens (tertiary/aromatic N) is 14. The van der Waals surface area contributed by atoms with Crippen LogP contribution in [0.3, 0.4) is 0 Å². The number of likely N-dealkylation sites (tertiary alicyclic amines) is 3. The summed E-state index contributed by atoms with van der Waals surface area (Å²) < 4.78 is 28.2. The number of methoxy groups -OCH3 is 3. The average molecular weight is 1690 g/mol. The number of benzene rings is 3. The molecule has 12 aliphatic rings. The number of fused-ring (bicyclic) bond motifs is 9. The standard InChI is InChI=1S/C38H50N6O5.C34H45N5O3.C28H36N4O/c1-26(2)44-22-29(21-40-44)28-7-16-39-34(20-28)43(35(46)41-17-8-32(9-18-41)49-36(47)42-23-31(45)24-42)25-37-10-13-38(14-11-37,15-12-37)30-5-6-33(48-4)27(3)19-30;1-24(2)39-22-27(21-36-39)26-7-16-35-31(20-26)38(32(41)37-17-8-29(40)9-18-37)23-33-10-13-34(14-11-33,15-12-33)28-5-6-30(42-4)25(3)19-28;1-20(2)32-18-23(17-31-32)22-7-14-29-26(16-22)30-19-27-8-11-28(12-9-27,13-10-27)24-5-6-25(33-4)21(3)15-24/h5-7,16,19-22,26,31-32,45H,8-15,17-18,23-25H2,1-4H3;5-7,16,19-22,24,29,40H,8-15,17-18,23H2,1-4H3;5-7,14-18,20H,8-13,19H2,1-4H3,(H,29,30). The molecule has 6 bridgehead atoms. The molecular weight excluding hydrogens is 1560 g/mol. The summed E-state index contributed by atoms with van der Waals surface area (Å²) in [7, 11) is 5.22. The van der Waals surface area contributed by atoms with Crippen molar-refractivity contribution in [1.29, 1.82) is 0 Å². The number of aromatic nitrogens is 9. The Labute approximate surface area is 732 Å². The van der Waals surface area contributed by atoms with E-state index >= 15 is 0 Å². The summed E-state index contributed by atoms with van der Waals surface area (Å²) in [5.74, 6) is 5.19. The minimum absolute atomic E-state index is 0.00647. The SMILES string of the molecule is COc1ccc(C23CCC(CN(C(=O)N4CCC(O)CC4)c4cc(-c5cnn(C(C)C)c5)ccn4)(CC2)CC3)cc1C.COc1ccc(C23CCC(CN(C(=O)N4CCC(OC(=O)N5CC(O)C5)CC4)c4cc(-c5cnn(C(C)C)c5)ccn4)(CC2)CC3)cc1C.COc1ccc(C23CCC(CNc4cc(-c5cnn(C(C)C)c5)ccn4)(CC2)CC3)cc1C. The molecule has 3 N–H and O–H groups in total. The van der Waals surface area contributed by atoms with Gasteiger partial charge in [0.25, 0.3) is 0 Å². The van der Waals surface area contributed by atoms with E-state index in [1.54, 1.807) is 27.5 Å². The Hall–Kier alpha value is -10.3. The molecule has 5 amide bonds. The van der Waals surface area contributed by atoms with Crippen LogP contribution in [0.4, 0.5) is 31.8 Å². The van der Waals surface area contributed by atoms with Crippen LogP contribution in [0.15, 0.2) is 147 Å². The van der Waals surface area contributed by atoms with Crippen molar-refractivity contribution in [3.05, 3.63) is 180 Å². The van der Waals surface area contributed by atoms with Crippen LogP contribution in [0, 0.1) is 37.0 Å². The maximum atomic E-state index is 14.5. The Bertz CT molecular complexity index is 5160. The number of piperidine rings is 2. The Kier molecular flexibility index (Phi) is 25.5. The molecule has 9 aliphatic carbocycles. The molecule has 24 nitrogen and oxygen atoms in total. The second-order valence-corrected chi connectivity index (χ2v) is 39.0. The van der Waals surface area contributed by atoms with Crippen molar-refractivity contribution >= 4 is 35.6 Å². The lowest BCUT2D eigenvalue weighted by Crippen LogP contribution is -2.56. The van der Waals surface area contributed by atoms with E-state index in [-0.39, 0.29) is 64.1 Å². The number of amides is 5. The summed E-state index contributed by atoms with van der Waals surface area (Å²) in [6.07, 6.45) is 39.3. The lowest BCUT2D eigenvalue weighted by molar-refractivity contribution is -0.0227. The fraction of sp³-hybridized carbons (Fsp3) is 0.550. The van der Waals surface area contributed by atoms with Gasteiger partial charge in [0, 0.05) is 131 Å². The van der Waals surface area contributed by atoms with Crippen molar-refractivity contribution in [2.75, 3.05) is 95.3 Å². The van der Waals surface area contributed by atoms with Gasteiger partial charge in [0.05, 0.1) is 65.2 Å². The predicted molar refractivity (Wildman–Crippen MR) is 486 cm³/mol. The quantitative estimate of drug-likeness (QED) is 0.0570. The zero-order valence-electron chi connectivity index (χ0n) is 75.3. The maximum Gasteiger partial charge on any atom is 0.410 e. The van der Waals surface area contributed by atoms with Crippen molar-refractivity contribution in [2.24, 2.45) is 16.2 Å². The number of pyridine rings is 3. The molecule has 9 saturated carbocycles. The molecule has 12 fully saturated rings. The third-order valence-corrected chi connectivity index (χ3v) is 30.4. The van der Waals surface area contributed by atoms with Gasteiger partial charge in [-0.1, -0.05) is 36.4 Å². The zero-order valence-corrected chi connectivity index (χ0v) is 75.3. The molecule has 0 radical (unpaired) electrons. The van der Waals surface area contributed by atoms with E-state index < -0.39 is 6.10 Å². The van der Waals surface area contributed by atoms with Crippen molar-refractivity contribution in [3.8, 4) is 50.6 Å². The van der Waals surface area contributed by atoms with Gasteiger partial charge in [-0.2, -0.15) is 15.3 Å². The second kappa shape index (κ2) is 36.3. The zero-order chi connectivity index (χ0) is 86.9. The number of anilines is 3. The Balaban J connectivity index is 0.000000140. The molecule has 0 atom stereocenters. The summed E-state index contributed by atoms with van der Waals surface area (Å²) in [4.78, 5) is 64.5. The number of nitrogens with one attached hydrogen (secondary N) is 1. The maximum absolute atomic E-state index is 14.5. The Morgan fingerprint density at radius 1 is 0.427 bits per heavy atom. The number of carbonyl (C=O) groups is 3. The molecule has 3 aliphatic heterocycles. The number of aliphatic hydroxyl groups is 2. The van der Waals surface area contributed by atoms with E-state index in [1.165, 1.54) is 76.8 Å². The van der Waals surface area contributed by atoms with Crippen LogP contribution in [-0.2, 0) is 21.0 Å². The minimum atomic E-state index is -0.465. The summed E-state index contributed by atoms with van der Waals surface area (Å²) in [6, 6.07) is 33.4. The van der Waals surface area contributed by atoms with Crippen molar-refractivity contribution < 1.29 is 43.5 Å². The van der Waals surface area contributed by atoms with Gasteiger partial charge in [0.15, 0.2) is 0 Å². The molecule has 6 aromatic heterocycles. The smallest absolute Gasteiger partial charge is 0.410 e. The number of aliphatic hydroxyl groups excluding tert-OH is 2. The number of rotatable bonds is 22. The van der Waals surface area contributed by atoms with Gasteiger partial charge in [-0.15, -0.1) is 0 Å². The topological polar surface area (TPSA) is 249 Å². The predicted octanol–water partition coefficient (Wildman–Crippen LogP) is 19.4. The molecule has 0 spiro atoms. The van der Waals surface area contributed by atoms with Crippen molar-refractivity contribution in [2.45, 2.75) is 256 Å². The van der Waals surface area contributed by atoms with Crippen LogP contribution >= 0.6 is 0 Å². The van der Waals surface area contributed by atoms with Gasteiger partial charge in [0.2, 0.25) is 0 Å². The number of β-amino-alcohol motifs (C(OH)–C–C–N with tert-alkyl or cyclic N) is 1. The summed E-state index contributed by atoms with van der Waals surface area (Å²) in [5, 5.41) is 36.9. The molecule has 24 heteroatoms. The normalized spacial score (nSPS) is 24.2. The Morgan fingerprint density at radius 3 is 1.11 bits per heavy atom. The van der Waals surface area contributed by atoms with Gasteiger partial charge in [-0.25, -0.2) is 29.3 Å². The van der Waals surface area contributed by atoms with Crippen LogP contribution in [0.5, 0.6) is 17.2 Å². The van der Waals surface area contributed by atoms with Crippen LogP contribution in [0.1, 0.15) is 234 Å². The molecule has 3 saturated heterocycles. The van der Waals surface area contributed by atoms with E-state index in [0.717, 1.165) is 140 Å². The molecule has 9 aromatic rings. The molecule has 0 unspecified atom stereocenters. The van der Waals surface area contributed by atoms with E-state index in [4.69, 9.17) is 28.9 Å². The molecule has 660 valence electrons. The monoisotopic (exact) mass is 1690 g/mol. The highest BCUT2D eigenvalue weighted by molar-refractivity contribution is 5.93. The Morgan fingerprint density at radius 2 is 0.774 bits per heavy atom. The van der Waals surface area contributed by atoms with Gasteiger partial charge in [-0.3, -0.25) is 23.8 Å². The molecular formula is C100H131N15O9. The third kappa shape index (κ3) is 18.4. The van der Waals surface area contributed by atoms with Crippen LogP contribution in [0.2, 0.25) is 0 Å². The number of carbonyl (C=O) groups excluding carboxylic acids is 3. The van der Waals surface area contributed by atoms with Gasteiger partial charge in [0.1, 0.15) is 40.8 Å². The van der Waals surface area contributed by atoms with E-state index in [9.17, 15) is 24.6 Å². The first-order valence-electron chi connectivity index (χ1n) is 45.9. The lowest BCUT2D eigenvalue weighted by atomic mass is 9.51. The van der Waals surface area contributed by atoms with Crippen molar-refractivity contribution in [1.82, 2.24) is 59.0 Å². The third-order valence-electron chi connectivity index (χ3n) is 30.4. The highest BCUT2D eigenvalue weighted by atomic mass is 16.6. The van der Waals surface area contributed by atoms with Crippen LogP contribution < -0.4 is 29.3 Å². The fourth-order valence-electron chi connectivity index (χ4n) is 21.8. The van der Waals surface area contributed by atoms with E-state index in [0.29, 0.717) is 107 Å². The van der Waals surface area contributed by atoms with Crippen molar-refractivity contribution in [3.63, 3.8) is 0 Å². The number of hydrogen-bond donors (Lipinski definition) is 3. The number of ether oxygens (including phenoxy) is 4. The van der Waals surface area contributed by atoms with E-state index in [1.807, 2.05) is 95.1 Å². The number of hydrogen-bond acceptors (Lipinski definition) is 16. The van der Waals surface area contributed by atoms with Crippen LogP contribution in [-0.4, -0.2) is 186 Å². The largest absolute Gasteiger partial charge is 0.496 e. The summed E-state index contributed by atoms with van der Waals surface area (Å²) in [6.45, 7) is 24.2. The first kappa shape index (κ1) is 87.2. The highest BCUT2D eigenvalue weighted by Gasteiger charge is 2.54. The highest BCUT2D eigenvalue weighted by Crippen LogP contribution is 2.62. The number of aryl methyl sites for hydroxylation is 3. The minimum Gasteiger partial charge on any atom is -0.496 e. The average Bonchev–Trinajstić information content (AvgIpc) is 0.781. The van der Waals surface area contributed by atoms with Gasteiger partial charge >= 0.3 is 18.2 Å². The molecule has 124 heavy (non-hydrogen) atoms. The summed E-state index contributed by atoms with van der Waals surface area (Å²) in [5.41, 5.74) is 15.5. The first-order valence-corrected chi connectivity index (χ1v) is 45.9. The van der Waals surface area contributed by atoms with Gasteiger partial charge in [-0.05, 0) is 328 Å². The lowest BCUT2D eigenvalue weighted by Gasteiger charge is -2.55. The number of urea groups is 2. The fourth-order valence-corrected chi connectivity index (χ4v) is 21.8. The molecule has 3 aromatic carbocycles. The summed E-state index contributed by atoms with van der Waals surface area (Å²) >= 11 is 0. The second-order valence-electron chi connectivity index (χ2n) is 39.0. The van der Waals surface area contributed by atoms with Crippen LogP contribution in [0.25, 0.3) is 33.4 Å². The molecule has 21 rings (SSSR count). The first-order chi connectivity index (χ1) is 59.7. The van der Waals surface area contributed by atoms with E-state index in [2.05, 4.69) is 167 Å². The van der Waals surface area contributed by atoms with Gasteiger partial charge < -0.3 is 49.2 Å².